The summed E-state index contributed by atoms with van der Waals surface area (Å²) in [6.07, 6.45) is 0.859. The van der Waals surface area contributed by atoms with Gasteiger partial charge in [-0.05, 0) is 12.0 Å². The third-order valence-electron chi connectivity index (χ3n) is 5.52. The first-order chi connectivity index (χ1) is 13.5. The van der Waals surface area contributed by atoms with Crippen LogP contribution in [-0.4, -0.2) is 18.7 Å². The number of thiazole rings is 1. The van der Waals surface area contributed by atoms with Gasteiger partial charge in [0.25, 0.3) is 5.56 Å². The van der Waals surface area contributed by atoms with Gasteiger partial charge in [0.2, 0.25) is 0 Å². The third-order valence-corrected chi connectivity index (χ3v) is 6.80. The van der Waals surface area contributed by atoms with Crippen LogP contribution in [0, 0.1) is 0 Å². The molecule has 28 heavy (non-hydrogen) atoms. The molecule has 1 aromatic carbocycles. The van der Waals surface area contributed by atoms with Crippen LogP contribution in [0.3, 0.4) is 0 Å². The van der Waals surface area contributed by atoms with Crippen LogP contribution >= 0.6 is 22.9 Å². The summed E-state index contributed by atoms with van der Waals surface area (Å²) in [4.78, 5) is 30.3. The molecule has 5 rings (SSSR count). The van der Waals surface area contributed by atoms with Crippen molar-refractivity contribution in [1.82, 2.24) is 18.7 Å². The van der Waals surface area contributed by atoms with Crippen molar-refractivity contribution < 1.29 is 0 Å². The normalized spacial score (nSPS) is 16.0. The summed E-state index contributed by atoms with van der Waals surface area (Å²) in [7, 11) is 3.25. The summed E-state index contributed by atoms with van der Waals surface area (Å²) in [5.41, 5.74) is 2.90. The molecule has 0 saturated carbocycles. The number of aryl methyl sites for hydroxylation is 1. The van der Waals surface area contributed by atoms with Gasteiger partial charge in [0.05, 0.1) is 28.2 Å². The SMILES string of the molecule is Cn1c(=O)c2c(-c3ccccc3)n3c(c2n(C)c1=O)[C@H](c1nc(Cl)cs1)CC3. The maximum absolute atomic E-state index is 13.2. The van der Waals surface area contributed by atoms with Crippen LogP contribution in [0.5, 0.6) is 0 Å². The Morgan fingerprint density at radius 1 is 1.14 bits per heavy atom. The van der Waals surface area contributed by atoms with Crippen molar-refractivity contribution in [3.63, 3.8) is 0 Å². The number of halogens is 1. The van der Waals surface area contributed by atoms with Crippen molar-refractivity contribution in [3.05, 3.63) is 72.4 Å². The third kappa shape index (κ3) is 2.29. The van der Waals surface area contributed by atoms with E-state index in [1.54, 1.807) is 11.6 Å². The van der Waals surface area contributed by atoms with E-state index in [0.29, 0.717) is 16.1 Å². The van der Waals surface area contributed by atoms with Crippen molar-refractivity contribution in [2.45, 2.75) is 18.9 Å². The van der Waals surface area contributed by atoms with E-state index in [9.17, 15) is 9.59 Å². The van der Waals surface area contributed by atoms with E-state index in [2.05, 4.69) is 9.55 Å². The molecule has 0 radical (unpaired) electrons. The quantitative estimate of drug-likeness (QED) is 0.507. The molecule has 0 N–H and O–H groups in total. The van der Waals surface area contributed by atoms with Gasteiger partial charge >= 0.3 is 5.69 Å². The van der Waals surface area contributed by atoms with Crippen LogP contribution in [0.25, 0.3) is 22.2 Å². The van der Waals surface area contributed by atoms with Crippen molar-refractivity contribution in [2.75, 3.05) is 0 Å². The maximum Gasteiger partial charge on any atom is 0.331 e. The first-order valence-corrected chi connectivity index (χ1v) is 10.2. The van der Waals surface area contributed by atoms with Gasteiger partial charge in [-0.25, -0.2) is 9.78 Å². The second-order valence-electron chi connectivity index (χ2n) is 7.03. The van der Waals surface area contributed by atoms with Crippen molar-refractivity contribution in [3.8, 4) is 11.3 Å². The lowest BCUT2D eigenvalue weighted by atomic mass is 10.0. The monoisotopic (exact) mass is 412 g/mol. The minimum atomic E-state index is -0.326. The molecule has 1 aliphatic rings. The maximum atomic E-state index is 13.2. The van der Waals surface area contributed by atoms with Gasteiger partial charge in [0.15, 0.2) is 0 Å². The predicted molar refractivity (Wildman–Crippen MR) is 111 cm³/mol. The summed E-state index contributed by atoms with van der Waals surface area (Å²) in [6, 6.07) is 9.87. The van der Waals surface area contributed by atoms with Crippen LogP contribution in [0.1, 0.15) is 23.0 Å². The highest BCUT2D eigenvalue weighted by Gasteiger charge is 2.35. The van der Waals surface area contributed by atoms with Gasteiger partial charge < -0.3 is 4.57 Å². The Morgan fingerprint density at radius 3 is 2.57 bits per heavy atom. The van der Waals surface area contributed by atoms with Crippen LogP contribution in [0.15, 0.2) is 45.3 Å². The van der Waals surface area contributed by atoms with E-state index in [1.165, 1.54) is 23.0 Å². The van der Waals surface area contributed by atoms with Gasteiger partial charge in [0.1, 0.15) is 10.2 Å². The molecule has 8 heteroatoms. The van der Waals surface area contributed by atoms with Gasteiger partial charge in [-0.15, -0.1) is 11.3 Å². The summed E-state index contributed by atoms with van der Waals surface area (Å²) >= 11 is 7.59. The minimum absolute atomic E-state index is 0.00942. The zero-order chi connectivity index (χ0) is 19.6. The van der Waals surface area contributed by atoms with Crippen LogP contribution in [-0.2, 0) is 20.6 Å². The number of nitrogens with zero attached hydrogens (tertiary/aromatic N) is 4. The number of rotatable bonds is 2. The van der Waals surface area contributed by atoms with Gasteiger partial charge in [-0.3, -0.25) is 13.9 Å². The molecule has 1 aliphatic heterocycles. The van der Waals surface area contributed by atoms with Gasteiger partial charge in [0, 0.05) is 26.0 Å². The summed E-state index contributed by atoms with van der Waals surface area (Å²) in [6.45, 7) is 0.757. The molecule has 0 unspecified atom stereocenters. The first-order valence-electron chi connectivity index (χ1n) is 8.97. The number of hydrogen-bond acceptors (Lipinski definition) is 4. The van der Waals surface area contributed by atoms with Crippen molar-refractivity contribution in [2.24, 2.45) is 14.1 Å². The Balaban J connectivity index is 1.95. The van der Waals surface area contributed by atoms with Crippen LogP contribution in [0.4, 0.5) is 0 Å². The predicted octanol–water partition coefficient (Wildman–Crippen LogP) is 3.35. The fourth-order valence-electron chi connectivity index (χ4n) is 4.28. The van der Waals surface area contributed by atoms with Crippen molar-refractivity contribution in [1.29, 1.82) is 0 Å². The van der Waals surface area contributed by atoms with Gasteiger partial charge in [-0.1, -0.05) is 41.9 Å². The van der Waals surface area contributed by atoms with E-state index < -0.39 is 0 Å². The Labute approximate surface area is 169 Å². The van der Waals surface area contributed by atoms with E-state index in [0.717, 1.165) is 34.9 Å². The summed E-state index contributed by atoms with van der Waals surface area (Å²) in [5.74, 6) is 0.00942. The number of fused-ring (bicyclic) bond motifs is 3. The van der Waals surface area contributed by atoms with E-state index in [4.69, 9.17) is 11.6 Å². The average molecular weight is 413 g/mol. The first kappa shape index (κ1) is 17.5. The lowest BCUT2D eigenvalue weighted by Gasteiger charge is -2.10. The fraction of sp³-hybridized carbons (Fsp3) is 0.250. The molecule has 0 spiro atoms. The van der Waals surface area contributed by atoms with Crippen LogP contribution in [0.2, 0.25) is 5.15 Å². The molecular weight excluding hydrogens is 396 g/mol. The number of hydrogen-bond donors (Lipinski definition) is 0. The highest BCUT2D eigenvalue weighted by molar-refractivity contribution is 7.10. The summed E-state index contributed by atoms with van der Waals surface area (Å²) in [5, 5.41) is 3.79. The summed E-state index contributed by atoms with van der Waals surface area (Å²) < 4.78 is 4.95. The smallest absolute Gasteiger partial charge is 0.331 e. The van der Waals surface area contributed by atoms with E-state index >= 15 is 0 Å². The highest BCUT2D eigenvalue weighted by atomic mass is 35.5. The molecule has 0 bridgehead atoms. The van der Waals surface area contributed by atoms with E-state index in [1.807, 2.05) is 35.7 Å². The standard InChI is InChI=1S/C20H17ClN4O2S/c1-23-17-14(19(26)24(2)20(23)27)15(11-6-4-3-5-7-11)25-9-8-12(16(17)25)18-22-13(21)10-28-18/h3-7,10,12H,8-9H2,1-2H3/t12-/m1/s1. The highest BCUT2D eigenvalue weighted by Crippen LogP contribution is 2.44. The zero-order valence-corrected chi connectivity index (χ0v) is 16.9. The van der Waals surface area contributed by atoms with Gasteiger partial charge in [-0.2, -0.15) is 0 Å². The Hall–Kier alpha value is -2.64. The lowest BCUT2D eigenvalue weighted by Crippen LogP contribution is -2.37. The fourth-order valence-corrected chi connectivity index (χ4v) is 5.38. The second-order valence-corrected chi connectivity index (χ2v) is 8.31. The molecule has 0 saturated heterocycles. The molecule has 142 valence electrons. The minimum Gasteiger partial charge on any atom is -0.341 e. The molecule has 6 nitrogen and oxygen atoms in total. The average Bonchev–Trinajstić information content (AvgIpc) is 3.39. The molecular formula is C20H17ClN4O2S. The number of benzene rings is 1. The lowest BCUT2D eigenvalue weighted by molar-refractivity contribution is 0.705. The number of aromatic nitrogens is 4. The largest absolute Gasteiger partial charge is 0.341 e. The van der Waals surface area contributed by atoms with Crippen LogP contribution < -0.4 is 11.2 Å². The Kier molecular flexibility index (Phi) is 3.86. The molecule has 4 heterocycles. The second kappa shape index (κ2) is 6.18. The molecule has 0 amide bonds. The molecule has 4 aromatic rings. The van der Waals surface area contributed by atoms with E-state index in [-0.39, 0.29) is 17.2 Å². The molecule has 0 aliphatic carbocycles. The molecule has 0 fully saturated rings. The Morgan fingerprint density at radius 2 is 1.89 bits per heavy atom. The molecule has 3 aromatic heterocycles. The topological polar surface area (TPSA) is 61.8 Å². The molecule has 1 atom stereocenters. The zero-order valence-electron chi connectivity index (χ0n) is 15.3. The van der Waals surface area contributed by atoms with Crippen molar-refractivity contribution >= 4 is 33.8 Å². The Bertz CT molecular complexity index is 1350.